The molecule has 0 aromatic carbocycles. The van der Waals surface area contributed by atoms with E-state index in [1.807, 2.05) is 17.5 Å². The summed E-state index contributed by atoms with van der Waals surface area (Å²) in [7, 11) is -3.62. The van der Waals surface area contributed by atoms with Crippen molar-refractivity contribution in [3.63, 3.8) is 0 Å². The number of amides is 1. The summed E-state index contributed by atoms with van der Waals surface area (Å²) < 4.78 is 28.6. The number of carbonyl (C=O) groups excluding carboxylic acids is 1. The van der Waals surface area contributed by atoms with Gasteiger partial charge in [0.25, 0.3) is 5.91 Å². The summed E-state index contributed by atoms with van der Waals surface area (Å²) in [6, 6.07) is 10.5. The van der Waals surface area contributed by atoms with Gasteiger partial charge in [0.15, 0.2) is 5.69 Å². The van der Waals surface area contributed by atoms with E-state index in [4.69, 9.17) is 0 Å². The van der Waals surface area contributed by atoms with E-state index < -0.39 is 15.9 Å². The van der Waals surface area contributed by atoms with Crippen molar-refractivity contribution in [3.05, 3.63) is 59.9 Å². The number of sulfonamides is 1. The lowest BCUT2D eigenvalue weighted by atomic mass is 10.3. The Bertz CT molecular complexity index is 1210. The van der Waals surface area contributed by atoms with Gasteiger partial charge in [-0.3, -0.25) is 14.6 Å². The zero-order valence-corrected chi connectivity index (χ0v) is 16.1. The number of H-pyrrole nitrogens is 1. The number of hydrogen-bond donors (Lipinski definition) is 3. The first-order valence-electron chi connectivity index (χ1n) is 8.31. The Labute approximate surface area is 164 Å². The van der Waals surface area contributed by atoms with Crippen LogP contribution in [-0.2, 0) is 10.0 Å². The molecule has 3 N–H and O–H groups in total. The van der Waals surface area contributed by atoms with Gasteiger partial charge in [0.05, 0.1) is 27.5 Å². The molecule has 0 unspecified atom stereocenters. The average molecular weight is 416 g/mol. The largest absolute Gasteiger partial charge is 0.350 e. The molecule has 28 heavy (non-hydrogen) atoms. The number of pyridine rings is 1. The predicted molar refractivity (Wildman–Crippen MR) is 107 cm³/mol. The maximum absolute atomic E-state index is 12.2. The molecule has 0 aliphatic carbocycles. The Morgan fingerprint density at radius 3 is 2.96 bits per heavy atom. The SMILES string of the molecule is O=C(NCCS(=O)(=O)Nc1ccn2nccc2c1)c1cc(-c2cccs2)[nH]n1. The van der Waals surface area contributed by atoms with E-state index in [-0.39, 0.29) is 18.0 Å². The number of anilines is 1. The third kappa shape index (κ3) is 4.05. The van der Waals surface area contributed by atoms with Crippen molar-refractivity contribution < 1.29 is 13.2 Å². The number of rotatable bonds is 7. The van der Waals surface area contributed by atoms with Crippen LogP contribution in [0.2, 0.25) is 0 Å². The molecule has 144 valence electrons. The molecule has 0 atom stereocenters. The lowest BCUT2D eigenvalue weighted by molar-refractivity contribution is 0.0951. The fraction of sp³-hybridized carbons (Fsp3) is 0.118. The Morgan fingerprint density at radius 1 is 1.25 bits per heavy atom. The van der Waals surface area contributed by atoms with Crippen molar-refractivity contribution in [1.29, 1.82) is 0 Å². The highest BCUT2D eigenvalue weighted by molar-refractivity contribution is 7.92. The summed E-state index contributed by atoms with van der Waals surface area (Å²) in [5, 5.41) is 15.3. The summed E-state index contributed by atoms with van der Waals surface area (Å²) in [6.07, 6.45) is 3.29. The van der Waals surface area contributed by atoms with Crippen LogP contribution in [0.15, 0.2) is 54.2 Å². The van der Waals surface area contributed by atoms with Crippen LogP contribution in [0.4, 0.5) is 5.69 Å². The number of nitrogens with zero attached hydrogens (tertiary/aromatic N) is 3. The molecule has 4 heterocycles. The van der Waals surface area contributed by atoms with E-state index in [1.54, 1.807) is 41.2 Å². The van der Waals surface area contributed by atoms with Crippen molar-refractivity contribution >= 4 is 38.5 Å². The van der Waals surface area contributed by atoms with Crippen molar-refractivity contribution in [2.75, 3.05) is 17.0 Å². The second-order valence-corrected chi connectivity index (χ2v) is 8.73. The summed E-state index contributed by atoms with van der Waals surface area (Å²) >= 11 is 1.53. The summed E-state index contributed by atoms with van der Waals surface area (Å²) in [6.45, 7) is -0.0374. The molecule has 11 heteroatoms. The fourth-order valence-electron chi connectivity index (χ4n) is 2.60. The smallest absolute Gasteiger partial charge is 0.271 e. The summed E-state index contributed by atoms with van der Waals surface area (Å²) in [4.78, 5) is 13.1. The third-order valence-electron chi connectivity index (χ3n) is 3.93. The van der Waals surface area contributed by atoms with Crippen molar-refractivity contribution in [1.82, 2.24) is 25.1 Å². The normalized spacial score (nSPS) is 11.6. The fourth-order valence-corrected chi connectivity index (χ4v) is 4.25. The number of fused-ring (bicyclic) bond motifs is 1. The number of aromatic amines is 1. The first kappa shape index (κ1) is 18.2. The molecule has 0 spiro atoms. The van der Waals surface area contributed by atoms with Crippen LogP contribution < -0.4 is 10.0 Å². The monoisotopic (exact) mass is 416 g/mol. The van der Waals surface area contributed by atoms with E-state index in [2.05, 4.69) is 25.3 Å². The lowest BCUT2D eigenvalue weighted by Gasteiger charge is -2.09. The molecule has 1 amide bonds. The maximum Gasteiger partial charge on any atom is 0.271 e. The van der Waals surface area contributed by atoms with E-state index >= 15 is 0 Å². The van der Waals surface area contributed by atoms with Gasteiger partial charge in [-0.25, -0.2) is 12.9 Å². The molecule has 0 radical (unpaired) electrons. The van der Waals surface area contributed by atoms with Crippen LogP contribution in [0.25, 0.3) is 16.1 Å². The third-order valence-corrected chi connectivity index (χ3v) is 6.12. The Morgan fingerprint density at radius 2 is 2.14 bits per heavy atom. The zero-order valence-electron chi connectivity index (χ0n) is 14.5. The zero-order chi connectivity index (χ0) is 19.6. The molecule has 0 aliphatic rings. The van der Waals surface area contributed by atoms with E-state index in [1.165, 1.54) is 11.3 Å². The van der Waals surface area contributed by atoms with Gasteiger partial charge in [-0.2, -0.15) is 10.2 Å². The number of hydrogen-bond acceptors (Lipinski definition) is 6. The molecule has 9 nitrogen and oxygen atoms in total. The molecular formula is C17H16N6O3S2. The van der Waals surface area contributed by atoms with Crippen LogP contribution in [0.5, 0.6) is 0 Å². The Kier molecular flexibility index (Phi) is 4.84. The Hall–Kier alpha value is -3.18. The molecule has 0 bridgehead atoms. The van der Waals surface area contributed by atoms with Crippen molar-refractivity contribution in [2.45, 2.75) is 0 Å². The van der Waals surface area contributed by atoms with Gasteiger partial charge < -0.3 is 5.32 Å². The summed E-state index contributed by atoms with van der Waals surface area (Å²) in [5.41, 5.74) is 2.16. The maximum atomic E-state index is 12.2. The minimum Gasteiger partial charge on any atom is -0.350 e. The van der Waals surface area contributed by atoms with Gasteiger partial charge in [0.1, 0.15) is 0 Å². The molecule has 0 saturated heterocycles. The summed E-state index contributed by atoms with van der Waals surface area (Å²) in [5.74, 6) is -0.694. The minimum absolute atomic E-state index is 0.0374. The van der Waals surface area contributed by atoms with Gasteiger partial charge in [0.2, 0.25) is 10.0 Å². The lowest BCUT2D eigenvalue weighted by Crippen LogP contribution is -2.31. The number of carbonyl (C=O) groups is 1. The van der Waals surface area contributed by atoms with Crippen LogP contribution >= 0.6 is 11.3 Å². The van der Waals surface area contributed by atoms with E-state index in [0.717, 1.165) is 16.1 Å². The van der Waals surface area contributed by atoms with Crippen molar-refractivity contribution in [3.8, 4) is 10.6 Å². The second kappa shape index (κ2) is 7.44. The number of nitrogens with one attached hydrogen (secondary N) is 3. The molecule has 0 aliphatic heterocycles. The predicted octanol–water partition coefficient (Wildman–Crippen LogP) is 1.96. The molecule has 4 aromatic rings. The van der Waals surface area contributed by atoms with Gasteiger partial charge in [-0.1, -0.05) is 6.07 Å². The topological polar surface area (TPSA) is 121 Å². The molecule has 4 aromatic heterocycles. The van der Waals surface area contributed by atoms with E-state index in [0.29, 0.717) is 5.69 Å². The number of aromatic nitrogens is 4. The van der Waals surface area contributed by atoms with E-state index in [9.17, 15) is 13.2 Å². The Balaban J connectivity index is 1.32. The highest BCUT2D eigenvalue weighted by Crippen LogP contribution is 2.22. The standard InChI is InChI=1S/C17H16N6O3S2/c24-17(15-11-14(20-21-15)16-2-1-8-27-16)18-6-9-28(25,26)22-12-4-7-23-13(10-12)3-5-19-23/h1-5,7-8,10-11,22H,6,9H2,(H,18,24)(H,20,21). The van der Waals surface area contributed by atoms with Crippen LogP contribution in [0.3, 0.4) is 0 Å². The average Bonchev–Trinajstić information content (AvgIpc) is 3.40. The van der Waals surface area contributed by atoms with Crippen LogP contribution in [0, 0.1) is 0 Å². The second-order valence-electron chi connectivity index (χ2n) is 5.94. The molecule has 4 rings (SSSR count). The minimum atomic E-state index is -3.62. The first-order valence-corrected chi connectivity index (χ1v) is 10.8. The van der Waals surface area contributed by atoms with Gasteiger partial charge in [0, 0.05) is 18.9 Å². The van der Waals surface area contributed by atoms with Crippen molar-refractivity contribution in [2.24, 2.45) is 0 Å². The highest BCUT2D eigenvalue weighted by atomic mass is 32.2. The van der Waals surface area contributed by atoms with Gasteiger partial charge in [-0.15, -0.1) is 11.3 Å². The molecular weight excluding hydrogens is 400 g/mol. The first-order chi connectivity index (χ1) is 13.5. The molecule has 0 fully saturated rings. The van der Waals surface area contributed by atoms with Crippen LogP contribution in [0.1, 0.15) is 10.5 Å². The highest BCUT2D eigenvalue weighted by Gasteiger charge is 2.15. The van der Waals surface area contributed by atoms with Gasteiger partial charge >= 0.3 is 0 Å². The quantitative estimate of drug-likeness (QED) is 0.425. The number of thiophene rings is 1. The van der Waals surface area contributed by atoms with Crippen LogP contribution in [-0.4, -0.2) is 46.4 Å². The van der Waals surface area contributed by atoms with Gasteiger partial charge in [-0.05, 0) is 35.7 Å². The molecule has 0 saturated carbocycles.